The van der Waals surface area contributed by atoms with Gasteiger partial charge in [-0.05, 0) is 20.4 Å². The van der Waals surface area contributed by atoms with Crippen molar-refractivity contribution in [1.29, 1.82) is 0 Å². The Kier molecular flexibility index (Phi) is 13.7. The summed E-state index contributed by atoms with van der Waals surface area (Å²) in [5.74, 6) is 0. The molecule has 0 N–H and O–H groups in total. The molecule has 0 aliphatic carbocycles. The zero-order valence-electron chi connectivity index (χ0n) is 10.4. The van der Waals surface area contributed by atoms with E-state index < -0.39 is 0 Å². The number of likely N-dealkylation sites (N-methyl/N-ethyl adjacent to an activating group) is 1. The fourth-order valence-electron chi connectivity index (χ4n) is 0.872. The minimum atomic E-state index is 1.14. The molecule has 0 unspecified atom stereocenters. The normalized spacial score (nSPS) is 16.0. The molecular formula is C12H27N. The Morgan fingerprint density at radius 2 is 1.77 bits per heavy atom. The summed E-state index contributed by atoms with van der Waals surface area (Å²) in [6.07, 6.45) is 4.81. The molecule has 0 radical (unpaired) electrons. The fraction of sp³-hybridized carbons (Fsp3) is 0.833. The quantitative estimate of drug-likeness (QED) is 0.520. The van der Waals surface area contributed by atoms with Gasteiger partial charge in [0.1, 0.15) is 0 Å². The highest BCUT2D eigenvalue weighted by molar-refractivity contribution is 5.02. The molecule has 0 saturated carbocycles. The first kappa shape index (κ1) is 15.2. The predicted molar refractivity (Wildman–Crippen MR) is 63.2 cm³/mol. The van der Waals surface area contributed by atoms with E-state index in [1.54, 1.807) is 5.57 Å². The highest BCUT2D eigenvalue weighted by atomic mass is 15.1. The van der Waals surface area contributed by atoms with E-state index in [1.165, 1.54) is 19.4 Å². The van der Waals surface area contributed by atoms with Crippen molar-refractivity contribution in [3.05, 3.63) is 11.6 Å². The lowest BCUT2D eigenvalue weighted by Gasteiger charge is -2.19. The van der Waals surface area contributed by atoms with Crippen LogP contribution in [0.4, 0.5) is 0 Å². The molecule has 1 aliphatic rings. The SMILES string of the molecule is CC.CC1=CCN(C)CC1.CCC. The van der Waals surface area contributed by atoms with Crippen LogP contribution in [0.1, 0.15) is 47.5 Å². The van der Waals surface area contributed by atoms with Gasteiger partial charge in [0.2, 0.25) is 0 Å². The molecule has 0 aromatic heterocycles. The second-order valence-corrected chi connectivity index (χ2v) is 3.27. The lowest BCUT2D eigenvalue weighted by Crippen LogP contribution is -2.23. The Hall–Kier alpha value is -0.300. The van der Waals surface area contributed by atoms with E-state index in [0.717, 1.165) is 6.54 Å². The zero-order valence-corrected chi connectivity index (χ0v) is 10.4. The van der Waals surface area contributed by atoms with Crippen molar-refractivity contribution < 1.29 is 0 Å². The number of hydrogen-bond donors (Lipinski definition) is 0. The molecule has 0 bridgehead atoms. The molecule has 1 heterocycles. The second-order valence-electron chi connectivity index (χ2n) is 3.27. The topological polar surface area (TPSA) is 3.24 Å². The van der Waals surface area contributed by atoms with Crippen molar-refractivity contribution in [2.45, 2.75) is 47.5 Å². The molecule has 0 atom stereocenters. The molecule has 80 valence electrons. The Balaban J connectivity index is 0. The average Bonchev–Trinajstić information content (AvgIpc) is 2.15. The van der Waals surface area contributed by atoms with Crippen molar-refractivity contribution in [3.8, 4) is 0 Å². The minimum absolute atomic E-state index is 1.14. The molecule has 0 fully saturated rings. The van der Waals surface area contributed by atoms with Gasteiger partial charge in [0.15, 0.2) is 0 Å². The molecule has 0 saturated heterocycles. The summed E-state index contributed by atoms with van der Waals surface area (Å²) >= 11 is 0. The van der Waals surface area contributed by atoms with Gasteiger partial charge in [-0.25, -0.2) is 0 Å². The molecule has 1 rings (SSSR count). The summed E-state index contributed by atoms with van der Waals surface area (Å²) in [6, 6.07) is 0. The third kappa shape index (κ3) is 11.7. The van der Waals surface area contributed by atoms with Crippen LogP contribution in [0.25, 0.3) is 0 Å². The highest BCUT2D eigenvalue weighted by Crippen LogP contribution is 2.06. The van der Waals surface area contributed by atoms with Gasteiger partial charge >= 0.3 is 0 Å². The maximum Gasteiger partial charge on any atom is 0.0162 e. The second kappa shape index (κ2) is 11.7. The monoisotopic (exact) mass is 185 g/mol. The molecule has 0 amide bonds. The molecule has 13 heavy (non-hydrogen) atoms. The Labute approximate surface area is 84.8 Å². The summed E-state index contributed by atoms with van der Waals surface area (Å²) in [5.41, 5.74) is 1.54. The van der Waals surface area contributed by atoms with Crippen LogP contribution in [0, 0.1) is 0 Å². The molecule has 1 nitrogen and oxygen atoms in total. The van der Waals surface area contributed by atoms with Crippen LogP contribution in [0.15, 0.2) is 11.6 Å². The van der Waals surface area contributed by atoms with Gasteiger partial charge in [-0.3, -0.25) is 0 Å². The van der Waals surface area contributed by atoms with Gasteiger partial charge in [0, 0.05) is 13.1 Å². The molecule has 0 spiro atoms. The molecular weight excluding hydrogens is 158 g/mol. The van der Waals surface area contributed by atoms with Crippen LogP contribution in [0.5, 0.6) is 0 Å². The first-order valence-corrected chi connectivity index (χ1v) is 5.54. The van der Waals surface area contributed by atoms with Gasteiger partial charge < -0.3 is 4.90 Å². The summed E-state index contributed by atoms with van der Waals surface area (Å²) in [6.45, 7) is 12.8. The molecule has 0 aromatic carbocycles. The van der Waals surface area contributed by atoms with E-state index in [-0.39, 0.29) is 0 Å². The van der Waals surface area contributed by atoms with Crippen LogP contribution in [0.3, 0.4) is 0 Å². The van der Waals surface area contributed by atoms with E-state index in [2.05, 4.69) is 38.8 Å². The van der Waals surface area contributed by atoms with Crippen LogP contribution < -0.4 is 0 Å². The maximum atomic E-state index is 2.33. The largest absolute Gasteiger partial charge is 0.302 e. The smallest absolute Gasteiger partial charge is 0.0162 e. The first-order chi connectivity index (χ1) is 6.20. The van der Waals surface area contributed by atoms with Crippen LogP contribution >= 0.6 is 0 Å². The Morgan fingerprint density at radius 3 is 2.00 bits per heavy atom. The fourth-order valence-corrected chi connectivity index (χ4v) is 0.872. The molecule has 0 aromatic rings. The van der Waals surface area contributed by atoms with Gasteiger partial charge in [-0.2, -0.15) is 0 Å². The van der Waals surface area contributed by atoms with Gasteiger partial charge in [-0.15, -0.1) is 0 Å². The Bertz CT molecular complexity index is 116. The zero-order chi connectivity index (χ0) is 10.7. The Morgan fingerprint density at radius 1 is 1.31 bits per heavy atom. The van der Waals surface area contributed by atoms with E-state index in [9.17, 15) is 0 Å². The van der Waals surface area contributed by atoms with Crippen LogP contribution in [0.2, 0.25) is 0 Å². The van der Waals surface area contributed by atoms with Gasteiger partial charge in [0.05, 0.1) is 0 Å². The van der Waals surface area contributed by atoms with Crippen molar-refractivity contribution in [2.24, 2.45) is 0 Å². The van der Waals surface area contributed by atoms with Crippen molar-refractivity contribution in [3.63, 3.8) is 0 Å². The van der Waals surface area contributed by atoms with Gasteiger partial charge in [0.25, 0.3) is 0 Å². The summed E-state index contributed by atoms with van der Waals surface area (Å²) in [5, 5.41) is 0. The van der Waals surface area contributed by atoms with E-state index in [0.29, 0.717) is 0 Å². The average molecular weight is 185 g/mol. The molecule has 1 aliphatic heterocycles. The summed E-state index contributed by atoms with van der Waals surface area (Å²) < 4.78 is 0. The minimum Gasteiger partial charge on any atom is -0.302 e. The third-order valence-electron chi connectivity index (χ3n) is 1.64. The summed E-state index contributed by atoms with van der Waals surface area (Å²) in [4.78, 5) is 2.33. The van der Waals surface area contributed by atoms with Crippen molar-refractivity contribution >= 4 is 0 Å². The number of nitrogens with zero attached hydrogens (tertiary/aromatic N) is 1. The standard InChI is InChI=1S/C7H13N.C3H8.C2H6/c1-7-3-5-8(2)6-4-7;1-3-2;1-2/h3H,4-6H2,1-2H3;3H2,1-2H3;1-2H3. The lowest BCUT2D eigenvalue weighted by atomic mass is 10.1. The summed E-state index contributed by atoms with van der Waals surface area (Å²) in [7, 11) is 2.16. The molecule has 1 heteroatoms. The number of hydrogen-bond acceptors (Lipinski definition) is 1. The lowest BCUT2D eigenvalue weighted by molar-refractivity contribution is 0.359. The highest BCUT2D eigenvalue weighted by Gasteiger charge is 2.01. The van der Waals surface area contributed by atoms with Crippen LogP contribution in [-0.4, -0.2) is 25.0 Å². The predicted octanol–water partition coefficient (Wildman–Crippen LogP) is 3.71. The van der Waals surface area contributed by atoms with Crippen molar-refractivity contribution in [1.82, 2.24) is 4.90 Å². The van der Waals surface area contributed by atoms with E-state index in [1.807, 2.05) is 13.8 Å². The van der Waals surface area contributed by atoms with Crippen LogP contribution in [-0.2, 0) is 0 Å². The van der Waals surface area contributed by atoms with E-state index in [4.69, 9.17) is 0 Å². The van der Waals surface area contributed by atoms with Crippen molar-refractivity contribution in [2.75, 3.05) is 20.1 Å². The maximum absolute atomic E-state index is 2.33. The third-order valence-corrected chi connectivity index (χ3v) is 1.64. The first-order valence-electron chi connectivity index (χ1n) is 5.54. The van der Waals surface area contributed by atoms with Gasteiger partial charge in [-0.1, -0.05) is 45.8 Å². The van der Waals surface area contributed by atoms with E-state index >= 15 is 0 Å². The number of rotatable bonds is 0.